The quantitative estimate of drug-likeness (QED) is 0.189. The van der Waals surface area contributed by atoms with Gasteiger partial charge in [0.25, 0.3) is 0 Å². The molecule has 8 rings (SSSR count). The Bertz CT molecular complexity index is 1780. The number of hydrogen-bond donors (Lipinski definition) is 0. The van der Waals surface area contributed by atoms with E-state index in [0.29, 0.717) is 7.25 Å². The van der Waals surface area contributed by atoms with Gasteiger partial charge in [0.05, 0.1) is 0 Å². The molecule has 2 aromatic heterocycles. The zero-order chi connectivity index (χ0) is 27.2. The van der Waals surface area contributed by atoms with Crippen LogP contribution in [0.2, 0.25) is 0 Å². The molecule has 0 spiro atoms. The molecule has 2 aliphatic carbocycles. The number of hydrogen-bond acceptors (Lipinski definition) is 2. The third kappa shape index (κ3) is 4.46. The Morgan fingerprint density at radius 1 is 0.390 bits per heavy atom. The summed E-state index contributed by atoms with van der Waals surface area (Å²) in [5, 5.41) is 0. The van der Waals surface area contributed by atoms with Crippen molar-refractivity contribution in [3.05, 3.63) is 167 Å². The Hall–Kier alpha value is -4.20. The van der Waals surface area contributed by atoms with Gasteiger partial charge in [-0.3, -0.25) is 0 Å². The fourth-order valence-electron chi connectivity index (χ4n) is 6.10. The Balaban J connectivity index is 1.18. The number of benzene rings is 4. The number of furan rings is 2. The van der Waals surface area contributed by atoms with Gasteiger partial charge in [0.2, 0.25) is 0 Å². The summed E-state index contributed by atoms with van der Waals surface area (Å²) in [6.45, 7) is 0. The fourth-order valence-corrected chi connectivity index (χ4v) is 11.1. The monoisotopic (exact) mass is 604 g/mol. The summed E-state index contributed by atoms with van der Waals surface area (Å²) < 4.78 is 13.8. The predicted molar refractivity (Wildman–Crippen MR) is 162 cm³/mol. The SMILES string of the molecule is C1=C(c2ccc(-c3ccccc3)o2)[CH]([Zr][CH]2C(c3ccc(-c4ccccc4)o3)=Cc3ccccc32)c2ccccc21. The van der Waals surface area contributed by atoms with Crippen molar-refractivity contribution >= 4 is 23.3 Å². The van der Waals surface area contributed by atoms with Gasteiger partial charge in [0.1, 0.15) is 0 Å². The Labute approximate surface area is 251 Å². The van der Waals surface area contributed by atoms with Gasteiger partial charge in [0.15, 0.2) is 0 Å². The Kier molecular flexibility index (Phi) is 6.19. The van der Waals surface area contributed by atoms with E-state index in [1.807, 2.05) is 12.1 Å². The molecule has 6 aromatic rings. The summed E-state index contributed by atoms with van der Waals surface area (Å²) in [7, 11) is 0. The molecule has 2 nitrogen and oxygen atoms in total. The summed E-state index contributed by atoms with van der Waals surface area (Å²) in [4.78, 5) is 0. The van der Waals surface area contributed by atoms with Crippen LogP contribution in [0.15, 0.2) is 142 Å². The molecule has 0 saturated carbocycles. The van der Waals surface area contributed by atoms with Crippen LogP contribution in [0, 0.1) is 0 Å². The van der Waals surface area contributed by atoms with Crippen LogP contribution in [0.3, 0.4) is 0 Å². The molecule has 41 heavy (non-hydrogen) atoms. The third-order valence-corrected chi connectivity index (χ3v) is 12.8. The minimum absolute atomic E-state index is 0.368. The molecule has 0 N–H and O–H groups in total. The zero-order valence-electron chi connectivity index (χ0n) is 22.3. The van der Waals surface area contributed by atoms with E-state index < -0.39 is 23.2 Å². The van der Waals surface area contributed by atoms with Crippen molar-refractivity contribution in [3.63, 3.8) is 0 Å². The summed E-state index contributed by atoms with van der Waals surface area (Å²) >= 11 is -1.19. The first-order valence-electron chi connectivity index (χ1n) is 14.0. The van der Waals surface area contributed by atoms with Crippen molar-refractivity contribution in [2.45, 2.75) is 7.25 Å². The molecule has 2 heterocycles. The second kappa shape index (κ2) is 10.3. The van der Waals surface area contributed by atoms with Crippen LogP contribution in [0.4, 0.5) is 0 Å². The topological polar surface area (TPSA) is 26.3 Å². The molecule has 0 saturated heterocycles. The van der Waals surface area contributed by atoms with Crippen molar-refractivity contribution in [1.29, 1.82) is 0 Å². The molecule has 194 valence electrons. The Morgan fingerprint density at radius 2 is 0.780 bits per heavy atom. The van der Waals surface area contributed by atoms with Gasteiger partial charge in [-0.25, -0.2) is 0 Å². The first kappa shape index (κ1) is 24.6. The number of rotatable bonds is 6. The number of allylic oxidation sites excluding steroid dienone is 2. The van der Waals surface area contributed by atoms with E-state index in [2.05, 4.69) is 133 Å². The molecule has 3 heteroatoms. The average Bonchev–Trinajstić information content (AvgIpc) is 3.84. The molecular formula is C38H26O2Zr. The molecule has 0 fully saturated rings. The maximum absolute atomic E-state index is 6.54. The van der Waals surface area contributed by atoms with E-state index in [0.717, 1.165) is 34.2 Å². The summed E-state index contributed by atoms with van der Waals surface area (Å²) in [5.74, 6) is 3.79. The standard InChI is InChI=1S/2C19H13O.Zr/c2*1-2-6-14(7-3-1)18-10-11-19(20-18)17-12-15-8-4-5-9-16(15)13-17;/h2*1-13H;. The minimum atomic E-state index is -1.19. The van der Waals surface area contributed by atoms with Crippen molar-refractivity contribution in [3.8, 4) is 22.6 Å². The first-order chi connectivity index (χ1) is 20.3. The third-order valence-electron chi connectivity index (χ3n) is 8.09. The van der Waals surface area contributed by atoms with Gasteiger partial charge in [-0.05, 0) is 0 Å². The van der Waals surface area contributed by atoms with E-state index in [4.69, 9.17) is 8.83 Å². The molecule has 0 radical (unpaired) electrons. The van der Waals surface area contributed by atoms with Crippen LogP contribution in [0.5, 0.6) is 0 Å². The molecule has 2 atom stereocenters. The maximum atomic E-state index is 6.54. The summed E-state index contributed by atoms with van der Waals surface area (Å²) in [6.07, 6.45) is 4.72. The predicted octanol–water partition coefficient (Wildman–Crippen LogP) is 10.2. The van der Waals surface area contributed by atoms with Crippen LogP contribution in [0.1, 0.15) is 41.0 Å². The molecule has 0 aliphatic heterocycles. The second-order valence-electron chi connectivity index (χ2n) is 10.5. The van der Waals surface area contributed by atoms with E-state index >= 15 is 0 Å². The van der Waals surface area contributed by atoms with E-state index in [1.165, 1.54) is 33.4 Å². The fraction of sp³-hybridized carbons (Fsp3) is 0.0526. The van der Waals surface area contributed by atoms with Crippen LogP contribution in [-0.2, 0) is 23.2 Å². The van der Waals surface area contributed by atoms with Crippen LogP contribution < -0.4 is 0 Å². The molecule has 2 unspecified atom stereocenters. The van der Waals surface area contributed by atoms with E-state index in [1.54, 1.807) is 0 Å². The van der Waals surface area contributed by atoms with E-state index in [9.17, 15) is 0 Å². The molecule has 0 amide bonds. The summed E-state index contributed by atoms with van der Waals surface area (Å²) in [5.41, 5.74) is 10.3. The molecule has 0 bridgehead atoms. The molecule has 2 aliphatic rings. The van der Waals surface area contributed by atoms with E-state index in [-0.39, 0.29) is 0 Å². The van der Waals surface area contributed by atoms with Crippen LogP contribution >= 0.6 is 0 Å². The van der Waals surface area contributed by atoms with Gasteiger partial charge >= 0.3 is 253 Å². The van der Waals surface area contributed by atoms with Crippen molar-refractivity contribution in [2.24, 2.45) is 0 Å². The normalized spacial score (nSPS) is 17.1. The van der Waals surface area contributed by atoms with Crippen LogP contribution in [0.25, 0.3) is 45.9 Å². The average molecular weight is 606 g/mol. The Morgan fingerprint density at radius 3 is 1.24 bits per heavy atom. The first-order valence-corrected chi connectivity index (χ1v) is 16.8. The van der Waals surface area contributed by atoms with Gasteiger partial charge < -0.3 is 0 Å². The summed E-state index contributed by atoms with van der Waals surface area (Å²) in [6, 6.07) is 47.0. The van der Waals surface area contributed by atoms with Crippen molar-refractivity contribution < 1.29 is 32.1 Å². The van der Waals surface area contributed by atoms with Crippen molar-refractivity contribution in [1.82, 2.24) is 0 Å². The second-order valence-corrected chi connectivity index (χ2v) is 14.2. The zero-order valence-corrected chi connectivity index (χ0v) is 24.8. The molecular weight excluding hydrogens is 580 g/mol. The number of fused-ring (bicyclic) bond motifs is 2. The van der Waals surface area contributed by atoms with Gasteiger partial charge in [0, 0.05) is 0 Å². The van der Waals surface area contributed by atoms with Gasteiger partial charge in [-0.2, -0.15) is 0 Å². The molecule has 4 aromatic carbocycles. The van der Waals surface area contributed by atoms with Crippen molar-refractivity contribution in [2.75, 3.05) is 0 Å². The van der Waals surface area contributed by atoms with Gasteiger partial charge in [-0.1, -0.05) is 0 Å². The van der Waals surface area contributed by atoms with Gasteiger partial charge in [-0.15, -0.1) is 0 Å². The van der Waals surface area contributed by atoms with Crippen LogP contribution in [-0.4, -0.2) is 0 Å².